The standard InChI is InChI=1S/C20H25N3O6/c1-4-5-10-20(3)18(27)23(19(28)22-20)11-17(26)29-12-16(25)21-15-8-6-14(7-9-15)13(2)24/h6-9H,4-5,10-12H2,1-3H3,(H,21,25)(H,22,28)/t20-/m1/s1. The Balaban J connectivity index is 1.83. The molecule has 0 radical (unpaired) electrons. The summed E-state index contributed by atoms with van der Waals surface area (Å²) < 4.78 is 4.87. The van der Waals surface area contributed by atoms with Gasteiger partial charge in [-0.05, 0) is 44.5 Å². The normalized spacial score (nSPS) is 18.4. The highest BCUT2D eigenvalue weighted by Gasteiger charge is 2.47. The summed E-state index contributed by atoms with van der Waals surface area (Å²) >= 11 is 0. The van der Waals surface area contributed by atoms with Crippen LogP contribution in [-0.2, 0) is 19.1 Å². The Kier molecular flexibility index (Phi) is 7.08. The summed E-state index contributed by atoms with van der Waals surface area (Å²) in [5, 5.41) is 5.13. The molecule has 1 aliphatic heterocycles. The molecule has 0 saturated carbocycles. The van der Waals surface area contributed by atoms with Crippen molar-refractivity contribution in [2.24, 2.45) is 0 Å². The van der Waals surface area contributed by atoms with E-state index in [4.69, 9.17) is 4.74 Å². The molecule has 156 valence electrons. The highest BCUT2D eigenvalue weighted by Crippen LogP contribution is 2.23. The zero-order chi connectivity index (χ0) is 21.6. The molecule has 0 spiro atoms. The maximum Gasteiger partial charge on any atom is 0.326 e. The van der Waals surface area contributed by atoms with Crippen LogP contribution in [-0.4, -0.2) is 53.2 Å². The number of ketones is 1. The van der Waals surface area contributed by atoms with Gasteiger partial charge < -0.3 is 15.4 Å². The van der Waals surface area contributed by atoms with Crippen LogP contribution in [0.5, 0.6) is 0 Å². The number of amides is 4. The van der Waals surface area contributed by atoms with Crippen LogP contribution in [0.3, 0.4) is 0 Å². The fourth-order valence-electron chi connectivity index (χ4n) is 2.90. The Labute approximate surface area is 168 Å². The number of nitrogens with zero attached hydrogens (tertiary/aromatic N) is 1. The highest BCUT2D eigenvalue weighted by atomic mass is 16.5. The SMILES string of the molecule is CCCC[C@@]1(C)NC(=O)N(CC(=O)OCC(=O)Nc2ccc(C(C)=O)cc2)C1=O. The Morgan fingerprint density at radius 3 is 2.41 bits per heavy atom. The molecule has 1 saturated heterocycles. The van der Waals surface area contributed by atoms with Gasteiger partial charge in [0.1, 0.15) is 12.1 Å². The van der Waals surface area contributed by atoms with Crippen LogP contribution in [0, 0.1) is 0 Å². The van der Waals surface area contributed by atoms with E-state index in [1.165, 1.54) is 6.92 Å². The third kappa shape index (κ3) is 5.63. The minimum Gasteiger partial charge on any atom is -0.454 e. The van der Waals surface area contributed by atoms with E-state index in [1.54, 1.807) is 31.2 Å². The van der Waals surface area contributed by atoms with Crippen molar-refractivity contribution in [3.05, 3.63) is 29.8 Å². The van der Waals surface area contributed by atoms with Crippen molar-refractivity contribution in [2.75, 3.05) is 18.5 Å². The van der Waals surface area contributed by atoms with Gasteiger partial charge in [-0.1, -0.05) is 19.8 Å². The minimum absolute atomic E-state index is 0.0944. The quantitative estimate of drug-likeness (QED) is 0.369. The fraction of sp³-hybridized carbons (Fsp3) is 0.450. The molecule has 2 rings (SSSR count). The largest absolute Gasteiger partial charge is 0.454 e. The van der Waals surface area contributed by atoms with Gasteiger partial charge in [0.15, 0.2) is 12.4 Å². The second-order valence-electron chi connectivity index (χ2n) is 7.10. The average molecular weight is 403 g/mol. The van der Waals surface area contributed by atoms with Gasteiger partial charge in [0.25, 0.3) is 11.8 Å². The number of imide groups is 1. The van der Waals surface area contributed by atoms with Crippen molar-refractivity contribution in [2.45, 2.75) is 45.6 Å². The molecule has 0 bridgehead atoms. The number of esters is 1. The van der Waals surface area contributed by atoms with Crippen LogP contribution < -0.4 is 10.6 Å². The van der Waals surface area contributed by atoms with Gasteiger partial charge in [-0.2, -0.15) is 0 Å². The smallest absolute Gasteiger partial charge is 0.326 e. The monoisotopic (exact) mass is 403 g/mol. The molecule has 1 aromatic carbocycles. The molecular weight excluding hydrogens is 378 g/mol. The lowest BCUT2D eigenvalue weighted by atomic mass is 9.95. The van der Waals surface area contributed by atoms with Crippen molar-refractivity contribution < 1.29 is 28.7 Å². The lowest BCUT2D eigenvalue weighted by molar-refractivity contribution is -0.150. The molecule has 9 nitrogen and oxygen atoms in total. The Hall–Kier alpha value is -3.23. The maximum absolute atomic E-state index is 12.5. The summed E-state index contributed by atoms with van der Waals surface area (Å²) in [6, 6.07) is 5.59. The van der Waals surface area contributed by atoms with Crippen LogP contribution in [0.1, 0.15) is 50.4 Å². The first kappa shape index (κ1) is 22.1. The summed E-state index contributed by atoms with van der Waals surface area (Å²) in [6.45, 7) is 3.91. The number of hydrogen-bond donors (Lipinski definition) is 2. The Morgan fingerprint density at radius 2 is 1.83 bits per heavy atom. The summed E-state index contributed by atoms with van der Waals surface area (Å²) in [7, 11) is 0. The van der Waals surface area contributed by atoms with Crippen LogP contribution in [0.25, 0.3) is 0 Å². The molecule has 1 atom stereocenters. The van der Waals surface area contributed by atoms with E-state index >= 15 is 0 Å². The Morgan fingerprint density at radius 1 is 1.17 bits per heavy atom. The topological polar surface area (TPSA) is 122 Å². The molecule has 0 aliphatic carbocycles. The maximum atomic E-state index is 12.5. The fourth-order valence-corrected chi connectivity index (χ4v) is 2.90. The van der Waals surface area contributed by atoms with Crippen LogP contribution in [0.2, 0.25) is 0 Å². The molecule has 2 N–H and O–H groups in total. The number of anilines is 1. The average Bonchev–Trinajstić information content (AvgIpc) is 2.88. The molecule has 4 amide bonds. The summed E-state index contributed by atoms with van der Waals surface area (Å²) in [5.74, 6) is -2.03. The van der Waals surface area contributed by atoms with Gasteiger partial charge in [-0.25, -0.2) is 4.79 Å². The van der Waals surface area contributed by atoms with E-state index in [9.17, 15) is 24.0 Å². The molecule has 1 aliphatic rings. The molecule has 9 heteroatoms. The van der Waals surface area contributed by atoms with Gasteiger partial charge in [0, 0.05) is 11.3 Å². The summed E-state index contributed by atoms with van der Waals surface area (Å²) in [6.07, 6.45) is 2.10. The second-order valence-corrected chi connectivity index (χ2v) is 7.10. The lowest BCUT2D eigenvalue weighted by Crippen LogP contribution is -2.44. The predicted molar refractivity (Wildman–Crippen MR) is 104 cm³/mol. The number of carbonyl (C=O) groups is 5. The number of ether oxygens (including phenoxy) is 1. The number of benzene rings is 1. The molecule has 0 aromatic heterocycles. The first-order valence-corrected chi connectivity index (χ1v) is 9.37. The molecule has 1 aromatic rings. The van der Waals surface area contributed by atoms with Gasteiger partial charge >= 0.3 is 12.0 Å². The van der Waals surface area contributed by atoms with Gasteiger partial charge in [0.2, 0.25) is 0 Å². The van der Waals surface area contributed by atoms with E-state index in [0.29, 0.717) is 17.7 Å². The zero-order valence-corrected chi connectivity index (χ0v) is 16.7. The van der Waals surface area contributed by atoms with Gasteiger partial charge in [0.05, 0.1) is 0 Å². The zero-order valence-electron chi connectivity index (χ0n) is 16.7. The molecule has 29 heavy (non-hydrogen) atoms. The number of urea groups is 1. The second kappa shape index (κ2) is 9.31. The highest BCUT2D eigenvalue weighted by molar-refractivity contribution is 6.08. The van der Waals surface area contributed by atoms with E-state index in [1.807, 2.05) is 6.92 Å². The number of nitrogens with one attached hydrogen (secondary N) is 2. The van der Waals surface area contributed by atoms with Crippen molar-refractivity contribution in [3.8, 4) is 0 Å². The number of rotatable bonds is 9. The van der Waals surface area contributed by atoms with E-state index < -0.39 is 42.5 Å². The van der Waals surface area contributed by atoms with Gasteiger partial charge in [-0.3, -0.25) is 24.1 Å². The van der Waals surface area contributed by atoms with Crippen molar-refractivity contribution in [1.82, 2.24) is 10.2 Å². The van der Waals surface area contributed by atoms with Crippen LogP contribution in [0.15, 0.2) is 24.3 Å². The number of hydrogen-bond acceptors (Lipinski definition) is 6. The van der Waals surface area contributed by atoms with Crippen molar-refractivity contribution >= 4 is 35.3 Å². The molecular formula is C20H25N3O6. The van der Waals surface area contributed by atoms with Crippen molar-refractivity contribution in [1.29, 1.82) is 0 Å². The first-order valence-electron chi connectivity index (χ1n) is 9.37. The van der Waals surface area contributed by atoms with Gasteiger partial charge in [-0.15, -0.1) is 0 Å². The summed E-state index contributed by atoms with van der Waals surface area (Å²) in [5.41, 5.74) is -0.0812. The number of unbranched alkanes of at least 4 members (excludes halogenated alkanes) is 1. The molecule has 1 heterocycles. The van der Waals surface area contributed by atoms with Crippen LogP contribution >= 0.6 is 0 Å². The number of carbonyl (C=O) groups excluding carboxylic acids is 5. The number of Topliss-reactive ketones (excluding diaryl/α,β-unsaturated/α-hetero) is 1. The third-order valence-corrected chi connectivity index (χ3v) is 4.60. The Bertz CT molecular complexity index is 820. The molecule has 1 fully saturated rings. The predicted octanol–water partition coefficient (Wildman–Crippen LogP) is 1.87. The lowest BCUT2D eigenvalue weighted by Gasteiger charge is -2.21. The molecule has 0 unspecified atom stereocenters. The minimum atomic E-state index is -1.03. The van der Waals surface area contributed by atoms with E-state index in [0.717, 1.165) is 17.7 Å². The van der Waals surface area contributed by atoms with E-state index in [-0.39, 0.29) is 5.78 Å². The van der Waals surface area contributed by atoms with Crippen molar-refractivity contribution in [3.63, 3.8) is 0 Å². The first-order chi connectivity index (χ1) is 13.7. The third-order valence-electron chi connectivity index (χ3n) is 4.60. The van der Waals surface area contributed by atoms with E-state index in [2.05, 4.69) is 10.6 Å². The summed E-state index contributed by atoms with van der Waals surface area (Å²) in [4.78, 5) is 60.4. The van der Waals surface area contributed by atoms with Crippen LogP contribution in [0.4, 0.5) is 10.5 Å².